The Labute approximate surface area is 181 Å². The normalized spacial score (nSPS) is 19.6. The number of benzene rings is 2. The van der Waals surface area contributed by atoms with Crippen LogP contribution < -0.4 is 10.1 Å². The van der Waals surface area contributed by atoms with Gasteiger partial charge >= 0.3 is 5.97 Å². The molecule has 0 unspecified atom stereocenters. The highest BCUT2D eigenvalue weighted by atomic mass is 16.5. The highest BCUT2D eigenvalue weighted by molar-refractivity contribution is 5.84. The van der Waals surface area contributed by atoms with Crippen LogP contribution in [0, 0.1) is 11.3 Å². The van der Waals surface area contributed by atoms with Gasteiger partial charge in [-0.15, -0.1) is 0 Å². The van der Waals surface area contributed by atoms with Crippen molar-refractivity contribution in [1.82, 2.24) is 5.32 Å². The largest absolute Gasteiger partial charge is 0.490 e. The van der Waals surface area contributed by atoms with Gasteiger partial charge in [-0.3, -0.25) is 4.79 Å². The molecule has 1 saturated carbocycles. The number of carbonyl (C=O) groups is 1. The fourth-order valence-electron chi connectivity index (χ4n) is 4.35. The maximum Gasteiger partial charge on any atom is 0.307 e. The van der Waals surface area contributed by atoms with Gasteiger partial charge in [0.2, 0.25) is 0 Å². The van der Waals surface area contributed by atoms with Crippen molar-refractivity contribution in [2.75, 3.05) is 13.2 Å². The van der Waals surface area contributed by atoms with Crippen molar-refractivity contribution in [3.63, 3.8) is 0 Å². The van der Waals surface area contributed by atoms with Gasteiger partial charge in [0, 0.05) is 13.1 Å². The lowest BCUT2D eigenvalue weighted by Gasteiger charge is -2.37. The molecule has 4 heteroatoms. The summed E-state index contributed by atoms with van der Waals surface area (Å²) in [6.07, 6.45) is 5.55. The average molecular weight is 412 g/mol. The minimum atomic E-state index is -0.150. The lowest BCUT2D eigenvalue weighted by Crippen LogP contribution is -2.30. The lowest BCUT2D eigenvalue weighted by molar-refractivity contribution is -0.142. The van der Waals surface area contributed by atoms with Gasteiger partial charge in [0.15, 0.2) is 0 Å². The van der Waals surface area contributed by atoms with Crippen molar-refractivity contribution >= 4 is 16.7 Å². The van der Waals surface area contributed by atoms with Crippen LogP contribution in [0.25, 0.3) is 10.8 Å². The minimum absolute atomic E-state index is 0.150. The monoisotopic (exact) mass is 411 g/mol. The molecule has 1 aliphatic carbocycles. The van der Waals surface area contributed by atoms with E-state index in [1.165, 1.54) is 29.2 Å². The lowest BCUT2D eigenvalue weighted by atomic mass is 9.72. The summed E-state index contributed by atoms with van der Waals surface area (Å²) in [6, 6.07) is 12.9. The van der Waals surface area contributed by atoms with E-state index in [2.05, 4.69) is 62.5 Å². The fraction of sp³-hybridized carbons (Fsp3) is 0.577. The molecule has 2 aromatic carbocycles. The third-order valence-electron chi connectivity index (χ3n) is 6.22. The molecule has 3 rings (SSSR count). The number of hydrogen-bond donors (Lipinski definition) is 1. The molecule has 0 radical (unpaired) electrons. The predicted octanol–water partition coefficient (Wildman–Crippen LogP) is 5.87. The van der Waals surface area contributed by atoms with Crippen LogP contribution in [0.15, 0.2) is 36.4 Å². The van der Waals surface area contributed by atoms with E-state index in [1.807, 2.05) is 6.92 Å². The summed E-state index contributed by atoms with van der Waals surface area (Å²) in [5, 5.41) is 5.72. The summed E-state index contributed by atoms with van der Waals surface area (Å²) in [7, 11) is 0. The molecular weight excluding hydrogens is 374 g/mol. The first-order chi connectivity index (χ1) is 14.3. The Kier molecular flexibility index (Phi) is 7.76. The molecule has 30 heavy (non-hydrogen) atoms. The van der Waals surface area contributed by atoms with Crippen molar-refractivity contribution in [1.29, 1.82) is 0 Å². The molecule has 0 spiro atoms. The van der Waals surface area contributed by atoms with Gasteiger partial charge in [0.25, 0.3) is 0 Å². The number of nitrogens with one attached hydrogen (secondary N) is 1. The SMILES string of the molecule is CCOC(=O)CCNCc1ccc2cc(OC3CCC(C(C)(C)C)CC3)ccc2c1. The van der Waals surface area contributed by atoms with Crippen molar-refractivity contribution in [2.45, 2.75) is 72.4 Å². The van der Waals surface area contributed by atoms with E-state index in [0.717, 1.165) is 31.1 Å². The molecule has 1 aliphatic rings. The van der Waals surface area contributed by atoms with Crippen molar-refractivity contribution in [3.05, 3.63) is 42.0 Å². The Morgan fingerprint density at radius 3 is 2.43 bits per heavy atom. The number of rotatable bonds is 8. The van der Waals surface area contributed by atoms with Gasteiger partial charge in [-0.2, -0.15) is 0 Å². The maximum absolute atomic E-state index is 11.4. The summed E-state index contributed by atoms with van der Waals surface area (Å²) in [6.45, 7) is 10.7. The Morgan fingerprint density at radius 1 is 1.03 bits per heavy atom. The minimum Gasteiger partial charge on any atom is -0.490 e. The summed E-state index contributed by atoms with van der Waals surface area (Å²) >= 11 is 0. The van der Waals surface area contributed by atoms with Gasteiger partial charge in [-0.05, 0) is 78.5 Å². The highest BCUT2D eigenvalue weighted by Gasteiger charge is 2.30. The van der Waals surface area contributed by atoms with E-state index < -0.39 is 0 Å². The maximum atomic E-state index is 11.4. The average Bonchev–Trinajstić information content (AvgIpc) is 2.71. The number of esters is 1. The summed E-state index contributed by atoms with van der Waals surface area (Å²) in [5.74, 6) is 1.63. The molecule has 164 valence electrons. The van der Waals surface area contributed by atoms with Crippen molar-refractivity contribution < 1.29 is 14.3 Å². The molecule has 4 nitrogen and oxygen atoms in total. The molecule has 0 bridgehead atoms. The zero-order valence-electron chi connectivity index (χ0n) is 19.0. The second kappa shape index (κ2) is 10.3. The highest BCUT2D eigenvalue weighted by Crippen LogP contribution is 2.39. The molecular formula is C26H37NO3. The zero-order chi connectivity index (χ0) is 21.6. The fourth-order valence-corrected chi connectivity index (χ4v) is 4.35. The first kappa shape index (κ1) is 22.6. The van der Waals surface area contributed by atoms with Gasteiger partial charge in [0.1, 0.15) is 5.75 Å². The van der Waals surface area contributed by atoms with Crippen LogP contribution in [0.1, 0.15) is 65.4 Å². The van der Waals surface area contributed by atoms with Crippen LogP contribution in [0.5, 0.6) is 5.75 Å². The van der Waals surface area contributed by atoms with Gasteiger partial charge < -0.3 is 14.8 Å². The Morgan fingerprint density at radius 2 is 1.73 bits per heavy atom. The quantitative estimate of drug-likeness (QED) is 0.436. The van der Waals surface area contributed by atoms with Crippen LogP contribution in [0.3, 0.4) is 0 Å². The van der Waals surface area contributed by atoms with E-state index in [4.69, 9.17) is 9.47 Å². The summed E-state index contributed by atoms with van der Waals surface area (Å²) in [5.41, 5.74) is 1.61. The van der Waals surface area contributed by atoms with Crippen LogP contribution in [0.2, 0.25) is 0 Å². The van der Waals surface area contributed by atoms with Gasteiger partial charge in [0.05, 0.1) is 19.1 Å². The topological polar surface area (TPSA) is 47.6 Å². The Balaban J connectivity index is 1.51. The van der Waals surface area contributed by atoms with E-state index in [-0.39, 0.29) is 5.97 Å². The molecule has 0 aromatic heterocycles. The van der Waals surface area contributed by atoms with E-state index in [1.54, 1.807) is 0 Å². The first-order valence-corrected chi connectivity index (χ1v) is 11.4. The Hall–Kier alpha value is -2.07. The smallest absolute Gasteiger partial charge is 0.307 e. The number of fused-ring (bicyclic) bond motifs is 1. The molecule has 0 heterocycles. The van der Waals surface area contributed by atoms with E-state index in [9.17, 15) is 4.79 Å². The standard InChI is InChI=1S/C26H37NO3/c1-5-29-25(28)14-15-27-18-19-6-7-21-17-24(11-8-20(21)16-19)30-23-12-9-22(10-13-23)26(2,3)4/h6-8,11,16-17,22-23,27H,5,9-10,12-15,18H2,1-4H3. The second-order valence-corrected chi connectivity index (χ2v) is 9.53. The van der Waals surface area contributed by atoms with Crippen LogP contribution >= 0.6 is 0 Å². The van der Waals surface area contributed by atoms with Gasteiger partial charge in [-0.25, -0.2) is 0 Å². The van der Waals surface area contributed by atoms with Crippen molar-refractivity contribution in [2.24, 2.45) is 11.3 Å². The van der Waals surface area contributed by atoms with E-state index in [0.29, 0.717) is 31.1 Å². The summed E-state index contributed by atoms with van der Waals surface area (Å²) in [4.78, 5) is 11.4. The first-order valence-electron chi connectivity index (χ1n) is 11.4. The molecule has 2 aromatic rings. The molecule has 0 saturated heterocycles. The molecule has 1 fully saturated rings. The van der Waals surface area contributed by atoms with Crippen molar-refractivity contribution in [3.8, 4) is 5.75 Å². The molecule has 0 aliphatic heterocycles. The van der Waals surface area contributed by atoms with E-state index >= 15 is 0 Å². The third kappa shape index (κ3) is 6.46. The van der Waals surface area contributed by atoms with Crippen LogP contribution in [-0.2, 0) is 16.1 Å². The number of ether oxygens (including phenoxy) is 2. The zero-order valence-corrected chi connectivity index (χ0v) is 19.0. The van der Waals surface area contributed by atoms with Gasteiger partial charge in [-0.1, -0.05) is 39.0 Å². The Bertz CT molecular complexity index is 832. The molecule has 0 atom stereocenters. The molecule has 1 N–H and O–H groups in total. The second-order valence-electron chi connectivity index (χ2n) is 9.53. The predicted molar refractivity (Wildman–Crippen MR) is 123 cm³/mol. The molecule has 0 amide bonds. The third-order valence-corrected chi connectivity index (χ3v) is 6.22. The number of hydrogen-bond acceptors (Lipinski definition) is 4. The van der Waals surface area contributed by atoms with Crippen LogP contribution in [-0.4, -0.2) is 25.2 Å². The summed E-state index contributed by atoms with van der Waals surface area (Å²) < 4.78 is 11.3. The number of carbonyl (C=O) groups excluding carboxylic acids is 1. The van der Waals surface area contributed by atoms with Crippen LogP contribution in [0.4, 0.5) is 0 Å².